The molecule has 1 saturated carbocycles. The Morgan fingerprint density at radius 3 is 2.71 bits per heavy atom. The molecule has 0 bridgehead atoms. The molecule has 0 aromatic rings. The van der Waals surface area contributed by atoms with Crippen molar-refractivity contribution in [3.05, 3.63) is 0 Å². The predicted octanol–water partition coefficient (Wildman–Crippen LogP) is -0.275. The van der Waals surface area contributed by atoms with E-state index in [1.54, 1.807) is 14.0 Å². The second-order valence-electron chi connectivity index (χ2n) is 4.26. The number of aliphatic imine (C=N–C) groups is 1. The van der Waals surface area contributed by atoms with Crippen molar-refractivity contribution in [2.75, 3.05) is 25.9 Å². The lowest BCUT2D eigenvalue weighted by Crippen LogP contribution is -2.34. The topological polar surface area (TPSA) is 87.8 Å². The Morgan fingerprint density at radius 2 is 2.18 bits per heavy atom. The Labute approximate surface area is 103 Å². The fourth-order valence-corrected chi connectivity index (χ4v) is 2.18. The molecule has 0 aromatic heterocycles. The second kappa shape index (κ2) is 6.20. The van der Waals surface area contributed by atoms with E-state index in [0.717, 1.165) is 12.8 Å². The fraction of sp³-hybridized carbons (Fsp3) is 0.900. The van der Waals surface area contributed by atoms with Crippen molar-refractivity contribution in [3.8, 4) is 0 Å². The van der Waals surface area contributed by atoms with Gasteiger partial charge in [-0.15, -0.1) is 0 Å². The third-order valence-corrected chi connectivity index (χ3v) is 4.54. The molecule has 0 atom stereocenters. The van der Waals surface area contributed by atoms with Crippen molar-refractivity contribution in [2.45, 2.75) is 32.2 Å². The average molecular weight is 262 g/mol. The van der Waals surface area contributed by atoms with Gasteiger partial charge in [0.15, 0.2) is 5.96 Å². The summed E-state index contributed by atoms with van der Waals surface area (Å²) in [5.41, 5.74) is 5.65. The molecule has 17 heavy (non-hydrogen) atoms. The molecule has 0 radical (unpaired) electrons. The van der Waals surface area contributed by atoms with Crippen LogP contribution in [0.3, 0.4) is 0 Å². The van der Waals surface area contributed by atoms with Crippen LogP contribution in [0, 0.1) is 0 Å². The summed E-state index contributed by atoms with van der Waals surface area (Å²) in [6.07, 6.45) is 3.00. The highest BCUT2D eigenvalue weighted by Gasteiger charge is 2.21. The van der Waals surface area contributed by atoms with Gasteiger partial charge in [-0.05, 0) is 26.2 Å². The van der Waals surface area contributed by atoms with Gasteiger partial charge in [-0.3, -0.25) is 4.99 Å². The van der Waals surface area contributed by atoms with E-state index in [-0.39, 0.29) is 5.75 Å². The molecular formula is C10H22N4O2S. The van der Waals surface area contributed by atoms with Gasteiger partial charge in [0.05, 0.1) is 5.75 Å². The van der Waals surface area contributed by atoms with Gasteiger partial charge in [0, 0.05) is 26.2 Å². The Kier molecular flexibility index (Phi) is 5.20. The van der Waals surface area contributed by atoms with Crippen LogP contribution in [-0.4, -0.2) is 50.6 Å². The monoisotopic (exact) mass is 262 g/mol. The van der Waals surface area contributed by atoms with E-state index >= 15 is 0 Å². The van der Waals surface area contributed by atoms with Crippen LogP contribution in [0.1, 0.15) is 26.2 Å². The molecule has 1 fully saturated rings. The number of nitrogens with one attached hydrogen (secondary N) is 1. The smallest absolute Gasteiger partial charge is 0.213 e. The SMILES string of the molecule is CCS(=O)(=O)N(C)CCCN=C(N)NC1CC1. The maximum atomic E-state index is 11.4. The average Bonchev–Trinajstić information content (AvgIpc) is 3.07. The molecule has 1 rings (SSSR count). The van der Waals surface area contributed by atoms with Crippen LogP contribution in [0.2, 0.25) is 0 Å². The Morgan fingerprint density at radius 1 is 1.53 bits per heavy atom. The molecule has 0 aromatic carbocycles. The van der Waals surface area contributed by atoms with Gasteiger partial charge in [0.1, 0.15) is 0 Å². The molecule has 1 aliphatic rings. The van der Waals surface area contributed by atoms with Gasteiger partial charge in [0.2, 0.25) is 10.0 Å². The molecule has 100 valence electrons. The molecule has 0 spiro atoms. The zero-order valence-corrected chi connectivity index (χ0v) is 11.3. The lowest BCUT2D eigenvalue weighted by Gasteiger charge is -2.14. The summed E-state index contributed by atoms with van der Waals surface area (Å²) < 4.78 is 24.2. The quantitative estimate of drug-likeness (QED) is 0.375. The van der Waals surface area contributed by atoms with E-state index in [0.29, 0.717) is 31.5 Å². The first-order chi connectivity index (χ1) is 7.95. The highest BCUT2D eigenvalue weighted by atomic mass is 32.2. The van der Waals surface area contributed by atoms with Crippen molar-refractivity contribution in [1.82, 2.24) is 9.62 Å². The van der Waals surface area contributed by atoms with E-state index in [1.165, 1.54) is 4.31 Å². The van der Waals surface area contributed by atoms with Crippen LogP contribution in [0.15, 0.2) is 4.99 Å². The predicted molar refractivity (Wildman–Crippen MR) is 69.4 cm³/mol. The van der Waals surface area contributed by atoms with Crippen LogP contribution < -0.4 is 11.1 Å². The first-order valence-corrected chi connectivity index (χ1v) is 7.57. The minimum Gasteiger partial charge on any atom is -0.370 e. The summed E-state index contributed by atoms with van der Waals surface area (Å²) in [5, 5.41) is 3.08. The first-order valence-electron chi connectivity index (χ1n) is 5.96. The summed E-state index contributed by atoms with van der Waals surface area (Å²) >= 11 is 0. The van der Waals surface area contributed by atoms with Crippen LogP contribution in [0.25, 0.3) is 0 Å². The Balaban J connectivity index is 2.18. The molecule has 3 N–H and O–H groups in total. The van der Waals surface area contributed by atoms with Crippen LogP contribution in [0.5, 0.6) is 0 Å². The van der Waals surface area contributed by atoms with Crippen molar-refractivity contribution >= 4 is 16.0 Å². The van der Waals surface area contributed by atoms with E-state index in [9.17, 15) is 8.42 Å². The zero-order valence-electron chi connectivity index (χ0n) is 10.5. The van der Waals surface area contributed by atoms with E-state index in [4.69, 9.17) is 5.73 Å². The minimum absolute atomic E-state index is 0.137. The van der Waals surface area contributed by atoms with Gasteiger partial charge in [-0.25, -0.2) is 12.7 Å². The third-order valence-electron chi connectivity index (χ3n) is 2.68. The number of nitrogens with two attached hydrogens (primary N) is 1. The fourth-order valence-electron chi connectivity index (χ4n) is 1.33. The van der Waals surface area contributed by atoms with Gasteiger partial charge >= 0.3 is 0 Å². The summed E-state index contributed by atoms with van der Waals surface area (Å²) in [7, 11) is -1.48. The van der Waals surface area contributed by atoms with Gasteiger partial charge in [0.25, 0.3) is 0 Å². The van der Waals surface area contributed by atoms with Crippen molar-refractivity contribution < 1.29 is 8.42 Å². The molecule has 1 aliphatic carbocycles. The van der Waals surface area contributed by atoms with Gasteiger partial charge in [-0.1, -0.05) is 0 Å². The normalized spacial score (nSPS) is 17.5. The number of hydrogen-bond donors (Lipinski definition) is 2. The lowest BCUT2D eigenvalue weighted by molar-refractivity contribution is 0.465. The zero-order chi connectivity index (χ0) is 12.9. The molecule has 7 heteroatoms. The molecular weight excluding hydrogens is 240 g/mol. The summed E-state index contributed by atoms with van der Waals surface area (Å²) in [5.74, 6) is 0.603. The highest BCUT2D eigenvalue weighted by molar-refractivity contribution is 7.89. The largest absolute Gasteiger partial charge is 0.370 e. The third kappa shape index (κ3) is 5.36. The molecule has 0 heterocycles. The number of sulfonamides is 1. The standard InChI is InChI=1S/C10H22N4O2S/c1-3-17(15,16)14(2)8-4-7-12-10(11)13-9-5-6-9/h9H,3-8H2,1-2H3,(H3,11,12,13). The Bertz CT molecular complexity index is 363. The van der Waals surface area contributed by atoms with Crippen LogP contribution >= 0.6 is 0 Å². The van der Waals surface area contributed by atoms with Crippen LogP contribution in [0.4, 0.5) is 0 Å². The van der Waals surface area contributed by atoms with E-state index < -0.39 is 10.0 Å². The second-order valence-corrected chi connectivity index (χ2v) is 6.63. The van der Waals surface area contributed by atoms with E-state index in [1.807, 2.05) is 0 Å². The van der Waals surface area contributed by atoms with Crippen molar-refractivity contribution in [3.63, 3.8) is 0 Å². The number of nitrogens with zero attached hydrogens (tertiary/aromatic N) is 2. The highest BCUT2D eigenvalue weighted by Crippen LogP contribution is 2.17. The summed E-state index contributed by atoms with van der Waals surface area (Å²) in [6, 6.07) is 0.502. The molecule has 6 nitrogen and oxygen atoms in total. The minimum atomic E-state index is -3.07. The number of rotatable bonds is 7. The summed E-state index contributed by atoms with van der Waals surface area (Å²) in [4.78, 5) is 4.15. The molecule has 0 unspecified atom stereocenters. The number of guanidine groups is 1. The maximum absolute atomic E-state index is 11.4. The van der Waals surface area contributed by atoms with Crippen molar-refractivity contribution in [2.24, 2.45) is 10.7 Å². The molecule has 0 amide bonds. The first kappa shape index (κ1) is 14.2. The summed E-state index contributed by atoms with van der Waals surface area (Å²) in [6.45, 7) is 2.67. The number of hydrogen-bond acceptors (Lipinski definition) is 3. The lowest BCUT2D eigenvalue weighted by atomic mass is 10.4. The maximum Gasteiger partial charge on any atom is 0.213 e. The van der Waals surface area contributed by atoms with Gasteiger partial charge in [-0.2, -0.15) is 0 Å². The van der Waals surface area contributed by atoms with Crippen molar-refractivity contribution in [1.29, 1.82) is 0 Å². The Hall–Kier alpha value is -0.820. The molecule has 0 aliphatic heterocycles. The molecule has 0 saturated heterocycles. The van der Waals surface area contributed by atoms with E-state index in [2.05, 4.69) is 10.3 Å². The van der Waals surface area contributed by atoms with Gasteiger partial charge < -0.3 is 11.1 Å². The van der Waals surface area contributed by atoms with Crippen LogP contribution in [-0.2, 0) is 10.0 Å².